The first-order valence-electron chi connectivity index (χ1n) is 10.3. The van der Waals surface area contributed by atoms with Gasteiger partial charge in [-0.05, 0) is 18.2 Å². The van der Waals surface area contributed by atoms with Gasteiger partial charge in [-0.2, -0.15) is 22.0 Å². The summed E-state index contributed by atoms with van der Waals surface area (Å²) in [7, 11) is 0. The molecule has 0 radical (unpaired) electrons. The minimum absolute atomic E-state index is 0.0188. The minimum atomic E-state index is -2.71. The number of thioether (sulfide) groups is 1. The van der Waals surface area contributed by atoms with E-state index >= 15 is 4.39 Å². The fraction of sp³-hybridized carbons (Fsp3) is 0.304. The van der Waals surface area contributed by atoms with Gasteiger partial charge in [-0.3, -0.25) is 0 Å². The Morgan fingerprint density at radius 2 is 1.76 bits per heavy atom. The summed E-state index contributed by atoms with van der Waals surface area (Å²) < 4.78 is 68.2. The first-order chi connectivity index (χ1) is 15.8. The maximum Gasteiger partial charge on any atom is 0.278 e. The summed E-state index contributed by atoms with van der Waals surface area (Å²) in [5.74, 6) is -0.201. The van der Waals surface area contributed by atoms with Crippen LogP contribution in [-0.4, -0.2) is 47.3 Å². The Morgan fingerprint density at radius 1 is 1.00 bits per heavy atom. The largest absolute Gasteiger partial charge is 0.357 e. The van der Waals surface area contributed by atoms with Crippen LogP contribution in [0.4, 0.5) is 27.6 Å². The lowest BCUT2D eigenvalue weighted by Crippen LogP contribution is -2.39. The third-order valence-electron chi connectivity index (χ3n) is 5.52. The number of anilines is 1. The number of halogens is 5. The van der Waals surface area contributed by atoms with E-state index in [1.807, 2.05) is 16.7 Å². The van der Waals surface area contributed by atoms with Crippen molar-refractivity contribution in [2.75, 3.05) is 29.5 Å². The van der Waals surface area contributed by atoms with E-state index < -0.39 is 23.9 Å². The van der Waals surface area contributed by atoms with Gasteiger partial charge < -0.3 is 9.80 Å². The van der Waals surface area contributed by atoms with Gasteiger partial charge in [-0.15, -0.1) is 0 Å². The number of hydrogen-bond acceptors (Lipinski definition) is 5. The molecule has 2 aromatic rings. The Morgan fingerprint density at radius 3 is 2.39 bits per heavy atom. The standard InChI is InChI=1S/C23H21F5N4S/c1-14(31-6-8-33-9-7-31)32(17-4-5-18(24)20(26)11-17)13-16-3-2-15(10-19(16)25)21-12-22(23(27)28)30-29-21/h2-5,10-11,23H,1,6-9,12-13H2. The van der Waals surface area contributed by atoms with E-state index in [0.29, 0.717) is 17.1 Å². The Balaban J connectivity index is 1.59. The summed E-state index contributed by atoms with van der Waals surface area (Å²) in [4.78, 5) is 3.67. The topological polar surface area (TPSA) is 31.2 Å². The predicted molar refractivity (Wildman–Crippen MR) is 122 cm³/mol. The minimum Gasteiger partial charge on any atom is -0.357 e. The highest BCUT2D eigenvalue weighted by atomic mass is 32.2. The van der Waals surface area contributed by atoms with Gasteiger partial charge >= 0.3 is 0 Å². The molecule has 4 nitrogen and oxygen atoms in total. The lowest BCUT2D eigenvalue weighted by atomic mass is 10.0. The van der Waals surface area contributed by atoms with Gasteiger partial charge in [0.15, 0.2) is 11.6 Å². The van der Waals surface area contributed by atoms with Crippen molar-refractivity contribution in [3.05, 3.63) is 77.4 Å². The van der Waals surface area contributed by atoms with Crippen molar-refractivity contribution in [2.45, 2.75) is 19.4 Å². The maximum atomic E-state index is 15.0. The van der Waals surface area contributed by atoms with Crippen LogP contribution in [0.15, 0.2) is 59.0 Å². The summed E-state index contributed by atoms with van der Waals surface area (Å²) in [6, 6.07) is 7.84. The average molecular weight is 481 g/mol. The van der Waals surface area contributed by atoms with Crippen LogP contribution in [-0.2, 0) is 6.54 Å². The Hall–Kier alpha value is -2.88. The van der Waals surface area contributed by atoms with Gasteiger partial charge in [-0.25, -0.2) is 22.0 Å². The Kier molecular flexibility index (Phi) is 7.02. The molecular formula is C23H21F5N4S. The quantitative estimate of drug-likeness (QED) is 0.495. The molecule has 2 aliphatic rings. The molecule has 174 valence electrons. The monoisotopic (exact) mass is 480 g/mol. The summed E-state index contributed by atoms with van der Waals surface area (Å²) >= 11 is 1.81. The first-order valence-corrected chi connectivity index (χ1v) is 11.4. The van der Waals surface area contributed by atoms with E-state index in [1.165, 1.54) is 18.2 Å². The second kappa shape index (κ2) is 9.94. The van der Waals surface area contributed by atoms with Crippen LogP contribution in [0.1, 0.15) is 17.5 Å². The highest BCUT2D eigenvalue weighted by Gasteiger charge is 2.24. The van der Waals surface area contributed by atoms with E-state index in [9.17, 15) is 17.6 Å². The molecule has 0 bridgehead atoms. The first kappa shape index (κ1) is 23.3. The molecule has 0 saturated carbocycles. The lowest BCUT2D eigenvalue weighted by Gasteiger charge is -2.37. The molecule has 1 fully saturated rings. The van der Waals surface area contributed by atoms with E-state index in [4.69, 9.17) is 0 Å². The van der Waals surface area contributed by atoms with Crippen molar-refractivity contribution < 1.29 is 22.0 Å². The molecule has 2 aliphatic heterocycles. The number of nitrogens with zero attached hydrogens (tertiary/aromatic N) is 4. The predicted octanol–water partition coefficient (Wildman–Crippen LogP) is 5.44. The molecule has 1 saturated heterocycles. The number of hydrogen-bond donors (Lipinski definition) is 0. The van der Waals surface area contributed by atoms with Crippen molar-refractivity contribution >= 4 is 28.9 Å². The maximum absolute atomic E-state index is 15.0. The summed E-state index contributed by atoms with van der Waals surface area (Å²) in [6.45, 7) is 5.62. The molecule has 10 heteroatoms. The zero-order valence-electron chi connectivity index (χ0n) is 17.6. The zero-order valence-corrected chi connectivity index (χ0v) is 18.4. The van der Waals surface area contributed by atoms with Crippen LogP contribution >= 0.6 is 11.8 Å². The smallest absolute Gasteiger partial charge is 0.278 e. The van der Waals surface area contributed by atoms with Crippen LogP contribution in [0.2, 0.25) is 0 Å². The summed E-state index contributed by atoms with van der Waals surface area (Å²) in [5, 5.41) is 7.21. The molecule has 2 aromatic carbocycles. The van der Waals surface area contributed by atoms with Gasteiger partial charge in [-0.1, -0.05) is 18.7 Å². The van der Waals surface area contributed by atoms with Crippen LogP contribution in [0.5, 0.6) is 0 Å². The number of rotatable bonds is 7. The SMILES string of the molecule is C=C(N1CCSCC1)N(Cc1ccc(C2=NN=C(C(F)F)C2)cc1F)c1ccc(F)c(F)c1. The normalized spacial score (nSPS) is 16.1. The summed E-state index contributed by atoms with van der Waals surface area (Å²) in [6.07, 6.45) is -2.85. The fourth-order valence-electron chi connectivity index (χ4n) is 3.65. The molecule has 0 unspecified atom stereocenters. The summed E-state index contributed by atoms with van der Waals surface area (Å²) in [5.41, 5.74) is 0.903. The van der Waals surface area contributed by atoms with Crippen LogP contribution in [0.3, 0.4) is 0 Å². The number of benzene rings is 2. The molecule has 33 heavy (non-hydrogen) atoms. The fourth-order valence-corrected chi connectivity index (χ4v) is 4.55. The second-order valence-corrected chi connectivity index (χ2v) is 8.85. The zero-order chi connectivity index (χ0) is 23.5. The van der Waals surface area contributed by atoms with E-state index in [0.717, 1.165) is 36.7 Å². The molecule has 2 heterocycles. The lowest BCUT2D eigenvalue weighted by molar-refractivity contribution is 0.224. The Bertz CT molecular complexity index is 1110. The third kappa shape index (κ3) is 5.21. The van der Waals surface area contributed by atoms with E-state index in [2.05, 4.69) is 16.8 Å². The molecule has 0 N–H and O–H groups in total. The second-order valence-electron chi connectivity index (χ2n) is 7.62. The highest BCUT2D eigenvalue weighted by molar-refractivity contribution is 7.99. The molecule has 0 atom stereocenters. The highest BCUT2D eigenvalue weighted by Crippen LogP contribution is 2.28. The average Bonchev–Trinajstić information content (AvgIpc) is 3.31. The molecule has 0 aromatic heterocycles. The van der Waals surface area contributed by atoms with Crippen molar-refractivity contribution in [1.82, 2.24) is 4.90 Å². The molecule has 0 aliphatic carbocycles. The Labute approximate surface area is 192 Å². The van der Waals surface area contributed by atoms with E-state index in [1.54, 1.807) is 11.0 Å². The molecule has 0 amide bonds. The van der Waals surface area contributed by atoms with E-state index in [-0.39, 0.29) is 30.0 Å². The van der Waals surface area contributed by atoms with Gasteiger partial charge in [0, 0.05) is 53.9 Å². The number of alkyl halides is 2. The molecular weight excluding hydrogens is 459 g/mol. The molecule has 4 rings (SSSR count). The molecule has 0 spiro atoms. The van der Waals surface area contributed by atoms with Gasteiger partial charge in [0.25, 0.3) is 6.43 Å². The third-order valence-corrected chi connectivity index (χ3v) is 6.46. The van der Waals surface area contributed by atoms with Crippen LogP contribution in [0.25, 0.3) is 0 Å². The van der Waals surface area contributed by atoms with Gasteiger partial charge in [0.1, 0.15) is 17.3 Å². The van der Waals surface area contributed by atoms with Gasteiger partial charge in [0.05, 0.1) is 12.3 Å². The van der Waals surface area contributed by atoms with Crippen LogP contribution < -0.4 is 4.90 Å². The van der Waals surface area contributed by atoms with Crippen molar-refractivity contribution in [1.29, 1.82) is 0 Å². The van der Waals surface area contributed by atoms with Crippen LogP contribution in [0, 0.1) is 17.5 Å². The van der Waals surface area contributed by atoms with Crippen molar-refractivity contribution in [2.24, 2.45) is 10.2 Å². The van der Waals surface area contributed by atoms with Crippen molar-refractivity contribution in [3.8, 4) is 0 Å². The van der Waals surface area contributed by atoms with Gasteiger partial charge in [0.2, 0.25) is 0 Å². The van der Waals surface area contributed by atoms with Crippen molar-refractivity contribution in [3.63, 3.8) is 0 Å².